The lowest BCUT2D eigenvalue weighted by molar-refractivity contribution is -0.142. The number of hydrogen-bond acceptors (Lipinski definition) is 2. The van der Waals surface area contributed by atoms with Crippen LogP contribution in [-0.4, -0.2) is 16.1 Å². The summed E-state index contributed by atoms with van der Waals surface area (Å²) < 4.78 is 41.4. The van der Waals surface area contributed by atoms with Gasteiger partial charge in [0.15, 0.2) is 0 Å². The summed E-state index contributed by atoms with van der Waals surface area (Å²) >= 11 is 5.08. The summed E-state index contributed by atoms with van der Waals surface area (Å²) in [6.07, 6.45) is 3.92. The van der Waals surface area contributed by atoms with Crippen LogP contribution in [0.15, 0.2) is 30.5 Å². The van der Waals surface area contributed by atoms with Gasteiger partial charge in [-0.3, -0.25) is 9.78 Å². The lowest BCUT2D eigenvalue weighted by atomic mass is 9.89. The van der Waals surface area contributed by atoms with E-state index >= 15 is 0 Å². The zero-order valence-electron chi connectivity index (χ0n) is 13.4. The van der Waals surface area contributed by atoms with Crippen molar-refractivity contribution < 1.29 is 18.0 Å². The van der Waals surface area contributed by atoms with E-state index in [2.05, 4.69) is 4.98 Å². The minimum atomic E-state index is -3.44. The van der Waals surface area contributed by atoms with Crippen molar-refractivity contribution in [2.24, 2.45) is 17.8 Å². The molecule has 0 saturated heterocycles. The second kappa shape index (κ2) is 5.97. The Hall–Kier alpha value is -1.62. The molecule has 1 aromatic carbocycles. The topological polar surface area (TPSA) is 30.0 Å². The summed E-state index contributed by atoms with van der Waals surface area (Å²) in [5.41, 5.74) is 1.78. The van der Waals surface area contributed by atoms with Crippen molar-refractivity contribution in [3.63, 3.8) is 0 Å². The molecule has 1 heterocycles. The molecule has 0 aliphatic heterocycles. The Labute approximate surface area is 148 Å². The second-order valence-electron chi connectivity index (χ2n) is 7.32. The summed E-state index contributed by atoms with van der Waals surface area (Å²) in [7, 11) is 0. The van der Waals surface area contributed by atoms with Gasteiger partial charge < -0.3 is 0 Å². The molecule has 2 saturated carbocycles. The third kappa shape index (κ3) is 2.82. The van der Waals surface area contributed by atoms with Crippen LogP contribution in [0.5, 0.6) is 0 Å². The normalized spacial score (nSPS) is 29.1. The van der Waals surface area contributed by atoms with Crippen LogP contribution >= 0.6 is 11.6 Å². The van der Waals surface area contributed by atoms with Crippen molar-refractivity contribution in [2.75, 3.05) is 0 Å². The van der Waals surface area contributed by atoms with Crippen molar-refractivity contribution in [1.82, 2.24) is 4.98 Å². The Bertz CT molecular complexity index is 827. The van der Waals surface area contributed by atoms with E-state index in [0.29, 0.717) is 12.8 Å². The van der Waals surface area contributed by atoms with Gasteiger partial charge in [0.2, 0.25) is 0 Å². The van der Waals surface area contributed by atoms with Crippen LogP contribution < -0.4 is 0 Å². The molecule has 6 heteroatoms. The highest BCUT2D eigenvalue weighted by Gasteiger charge is 2.54. The smallest absolute Gasteiger partial charge is 0.274 e. The van der Waals surface area contributed by atoms with Crippen molar-refractivity contribution in [1.29, 1.82) is 0 Å². The maximum Gasteiger partial charge on any atom is 0.322 e. The number of halogens is 4. The first kappa shape index (κ1) is 16.8. The van der Waals surface area contributed by atoms with E-state index in [-0.39, 0.29) is 23.6 Å². The summed E-state index contributed by atoms with van der Waals surface area (Å²) in [4.78, 5) is 15.3. The summed E-state index contributed by atoms with van der Waals surface area (Å²) in [6, 6.07) is 6.45. The summed E-state index contributed by atoms with van der Waals surface area (Å²) in [6.45, 7) is 0. The van der Waals surface area contributed by atoms with Gasteiger partial charge in [0.25, 0.3) is 5.24 Å². The number of hydrogen-bond donors (Lipinski definition) is 0. The molecule has 4 rings (SSSR count). The van der Waals surface area contributed by atoms with Gasteiger partial charge in [-0.15, -0.1) is 0 Å². The molecular weight excluding hydrogens is 351 g/mol. The van der Waals surface area contributed by atoms with Crippen LogP contribution in [0.25, 0.3) is 10.9 Å². The Morgan fingerprint density at radius 1 is 1.12 bits per heavy atom. The SMILES string of the molecule is O=C(Cl)C(F)(F)[C@@H]1CC2C[C@H](c3ccnc4ccc(F)cc34)C[C@@H]2C1. The summed E-state index contributed by atoms with van der Waals surface area (Å²) in [5, 5.41) is -0.755. The van der Waals surface area contributed by atoms with Crippen LogP contribution in [0, 0.1) is 23.6 Å². The van der Waals surface area contributed by atoms with Crippen LogP contribution in [0.2, 0.25) is 0 Å². The third-order valence-electron chi connectivity index (χ3n) is 5.97. The quantitative estimate of drug-likeness (QED) is 0.689. The molecule has 2 aliphatic rings. The zero-order valence-corrected chi connectivity index (χ0v) is 14.1. The Morgan fingerprint density at radius 2 is 1.80 bits per heavy atom. The fourth-order valence-electron chi connectivity index (χ4n) is 4.82. The van der Waals surface area contributed by atoms with E-state index in [0.717, 1.165) is 29.3 Å². The predicted octanol–water partition coefficient (Wildman–Crippen LogP) is 5.29. The van der Waals surface area contributed by atoms with E-state index in [4.69, 9.17) is 11.6 Å². The van der Waals surface area contributed by atoms with Crippen LogP contribution in [-0.2, 0) is 4.79 Å². The number of benzene rings is 1. The first-order valence-corrected chi connectivity index (χ1v) is 8.86. The largest absolute Gasteiger partial charge is 0.322 e. The van der Waals surface area contributed by atoms with Crippen LogP contribution in [0.1, 0.15) is 37.2 Å². The van der Waals surface area contributed by atoms with Crippen molar-refractivity contribution in [3.8, 4) is 0 Å². The van der Waals surface area contributed by atoms with E-state index in [1.165, 1.54) is 12.1 Å². The number of carbonyl (C=O) groups is 1. The minimum absolute atomic E-state index is 0.161. The standard InChI is InChI=1S/C19H17ClF3NO/c20-18(25)19(22,23)13-7-10-5-12(6-11(10)8-13)15-3-4-24-17-2-1-14(21)9-16(15)17/h1-4,9-13H,5-8H2/t10-,11?,12-,13+/m1/s1. The average molecular weight is 368 g/mol. The molecule has 2 nitrogen and oxygen atoms in total. The number of carbonyl (C=O) groups excluding carboxylic acids is 1. The number of rotatable bonds is 3. The molecule has 0 bridgehead atoms. The number of aromatic nitrogens is 1. The van der Waals surface area contributed by atoms with E-state index in [1.807, 2.05) is 6.07 Å². The zero-order chi connectivity index (χ0) is 17.8. The number of alkyl halides is 2. The molecule has 2 aliphatic carbocycles. The molecular formula is C19H17ClF3NO. The fourth-order valence-corrected chi connectivity index (χ4v) is 4.98. The average Bonchev–Trinajstić information content (AvgIpc) is 3.13. The second-order valence-corrected chi connectivity index (χ2v) is 7.66. The molecule has 0 amide bonds. The lowest BCUT2D eigenvalue weighted by Gasteiger charge is -2.21. The van der Waals surface area contributed by atoms with Gasteiger partial charge in [-0.05, 0) is 84.9 Å². The van der Waals surface area contributed by atoms with Gasteiger partial charge in [0.1, 0.15) is 5.82 Å². The molecule has 25 heavy (non-hydrogen) atoms. The van der Waals surface area contributed by atoms with Gasteiger partial charge in [0, 0.05) is 17.5 Å². The predicted molar refractivity (Wildman–Crippen MR) is 89.2 cm³/mol. The molecule has 2 aromatic rings. The van der Waals surface area contributed by atoms with Crippen molar-refractivity contribution in [3.05, 3.63) is 41.8 Å². The van der Waals surface area contributed by atoms with Crippen LogP contribution in [0.4, 0.5) is 13.2 Å². The first-order chi connectivity index (χ1) is 11.9. The molecule has 0 spiro atoms. The molecule has 0 N–H and O–H groups in total. The highest BCUT2D eigenvalue weighted by molar-refractivity contribution is 6.65. The first-order valence-electron chi connectivity index (χ1n) is 8.48. The number of nitrogens with zero attached hydrogens (tertiary/aromatic N) is 1. The minimum Gasteiger partial charge on any atom is -0.274 e. The van der Waals surface area contributed by atoms with E-state index in [1.54, 1.807) is 12.3 Å². The number of fused-ring (bicyclic) bond motifs is 2. The van der Waals surface area contributed by atoms with Crippen LogP contribution in [0.3, 0.4) is 0 Å². The molecule has 4 atom stereocenters. The van der Waals surface area contributed by atoms with Gasteiger partial charge in [-0.1, -0.05) is 0 Å². The molecule has 132 valence electrons. The number of pyridine rings is 1. The maximum atomic E-state index is 13.9. The Morgan fingerprint density at radius 3 is 2.44 bits per heavy atom. The van der Waals surface area contributed by atoms with Gasteiger partial charge in [-0.2, -0.15) is 8.78 Å². The van der Waals surface area contributed by atoms with Gasteiger partial charge in [0.05, 0.1) is 5.52 Å². The van der Waals surface area contributed by atoms with Crippen molar-refractivity contribution in [2.45, 2.75) is 37.5 Å². The molecule has 0 radical (unpaired) electrons. The Balaban J connectivity index is 1.56. The van der Waals surface area contributed by atoms with E-state index < -0.39 is 17.1 Å². The van der Waals surface area contributed by atoms with E-state index in [9.17, 15) is 18.0 Å². The third-order valence-corrected chi connectivity index (χ3v) is 6.22. The molecule has 1 unspecified atom stereocenters. The fraction of sp³-hybridized carbons (Fsp3) is 0.474. The molecule has 1 aromatic heterocycles. The highest BCUT2D eigenvalue weighted by Crippen LogP contribution is 2.56. The highest BCUT2D eigenvalue weighted by atomic mass is 35.5. The van der Waals surface area contributed by atoms with Gasteiger partial charge >= 0.3 is 5.92 Å². The molecule has 2 fully saturated rings. The summed E-state index contributed by atoms with van der Waals surface area (Å²) in [5.74, 6) is -4.17. The van der Waals surface area contributed by atoms with Crippen molar-refractivity contribution >= 4 is 27.7 Å². The maximum absolute atomic E-state index is 13.9. The lowest BCUT2D eigenvalue weighted by Crippen LogP contribution is -2.33. The van der Waals surface area contributed by atoms with Gasteiger partial charge in [-0.25, -0.2) is 4.39 Å². The Kier molecular flexibility index (Phi) is 4.02. The monoisotopic (exact) mass is 367 g/mol.